The Morgan fingerprint density at radius 1 is 0.273 bits per heavy atom. The zero-order chi connectivity index (χ0) is 72.8. The van der Waals surface area contributed by atoms with E-state index >= 15 is 0 Å². The fourth-order valence-corrected chi connectivity index (χ4v) is 13.9. The lowest BCUT2D eigenvalue weighted by atomic mass is 10.0. The zero-order valence-electron chi connectivity index (χ0n) is 64.8. The summed E-state index contributed by atoms with van der Waals surface area (Å²) in [6.45, 7) is 9.53. The minimum absolute atomic E-state index is 0.105. The second-order valence-electron chi connectivity index (χ2n) is 29.8. The Bertz CT molecular complexity index is 1910. The van der Waals surface area contributed by atoms with Crippen LogP contribution in [0, 0.1) is 11.8 Å². The molecule has 0 heterocycles. The van der Waals surface area contributed by atoms with Gasteiger partial charge in [0.25, 0.3) is 0 Å². The normalized spacial score (nSPS) is 13.9. The van der Waals surface area contributed by atoms with Gasteiger partial charge in [0.15, 0.2) is 12.2 Å². The molecule has 0 saturated heterocycles. The van der Waals surface area contributed by atoms with Gasteiger partial charge in [0.2, 0.25) is 0 Å². The standard InChI is InChI=1S/C80H156O17P2/c1-7-9-11-13-15-17-19-21-23-24-25-26-27-28-29-31-33-35-40-44-52-58-64-79(84)96-75(68-90-77(82)62-56-50-43-39-34-32-30-22-20-18-16-14-12-10-8-2)70-94-98(86,87)92-66-74(81)67-93-99(88,89)95-71-76(69-91-78(83)63-57-51-47-46-49-55-61-73(5)6)97-80(85)65-59-53-45-41-37-36-38-42-48-54-60-72(3)4/h72-76,81H,7-71H2,1-6H3,(H,86,87)(H,88,89)/t74-,75-,76-/m1/s1. The third-order valence-electron chi connectivity index (χ3n) is 18.7. The molecular weight excluding hydrogens is 1290 g/mol. The highest BCUT2D eigenvalue weighted by molar-refractivity contribution is 7.47. The fourth-order valence-electron chi connectivity index (χ4n) is 12.4. The van der Waals surface area contributed by atoms with Gasteiger partial charge in [-0.05, 0) is 37.5 Å². The van der Waals surface area contributed by atoms with Crippen molar-refractivity contribution in [1.29, 1.82) is 0 Å². The first-order valence-electron chi connectivity index (χ1n) is 41.5. The quantitative estimate of drug-likeness (QED) is 0.0222. The van der Waals surface area contributed by atoms with E-state index in [1.807, 2.05) is 0 Å². The average molecular weight is 1450 g/mol. The van der Waals surface area contributed by atoms with E-state index in [-0.39, 0.29) is 25.7 Å². The molecule has 0 aliphatic heterocycles. The molecule has 0 saturated carbocycles. The molecule has 3 N–H and O–H groups in total. The highest BCUT2D eigenvalue weighted by Gasteiger charge is 2.30. The highest BCUT2D eigenvalue weighted by atomic mass is 31.2. The largest absolute Gasteiger partial charge is 0.472 e. The van der Waals surface area contributed by atoms with Gasteiger partial charge < -0.3 is 33.8 Å². The maximum atomic E-state index is 13.1. The van der Waals surface area contributed by atoms with Crippen LogP contribution in [0.3, 0.4) is 0 Å². The minimum atomic E-state index is -4.96. The van der Waals surface area contributed by atoms with E-state index in [1.54, 1.807) is 0 Å². The molecule has 0 aromatic carbocycles. The van der Waals surface area contributed by atoms with Crippen molar-refractivity contribution >= 4 is 39.5 Å². The van der Waals surface area contributed by atoms with Crippen molar-refractivity contribution in [2.45, 2.75) is 439 Å². The molecule has 19 heteroatoms. The van der Waals surface area contributed by atoms with Crippen LogP contribution in [0.1, 0.15) is 420 Å². The van der Waals surface area contributed by atoms with Crippen LogP contribution in [0.4, 0.5) is 0 Å². The van der Waals surface area contributed by atoms with Crippen LogP contribution >= 0.6 is 15.6 Å². The van der Waals surface area contributed by atoms with Gasteiger partial charge in [0.1, 0.15) is 19.3 Å². The van der Waals surface area contributed by atoms with Gasteiger partial charge >= 0.3 is 39.5 Å². The van der Waals surface area contributed by atoms with E-state index < -0.39 is 97.5 Å². The predicted molar refractivity (Wildman–Crippen MR) is 405 cm³/mol. The number of hydrogen-bond donors (Lipinski definition) is 3. The molecule has 2 unspecified atom stereocenters. The molecule has 5 atom stereocenters. The molecule has 99 heavy (non-hydrogen) atoms. The van der Waals surface area contributed by atoms with E-state index in [1.165, 1.54) is 231 Å². The van der Waals surface area contributed by atoms with Crippen LogP contribution in [0.25, 0.3) is 0 Å². The van der Waals surface area contributed by atoms with E-state index in [9.17, 15) is 43.2 Å². The number of ether oxygens (including phenoxy) is 4. The summed E-state index contributed by atoms with van der Waals surface area (Å²) in [5.41, 5.74) is 0. The molecule has 0 radical (unpaired) electrons. The van der Waals surface area contributed by atoms with Crippen LogP contribution in [0.15, 0.2) is 0 Å². The van der Waals surface area contributed by atoms with Gasteiger partial charge in [-0.25, -0.2) is 9.13 Å². The van der Waals surface area contributed by atoms with Crippen molar-refractivity contribution < 1.29 is 80.2 Å². The molecule has 0 aromatic rings. The van der Waals surface area contributed by atoms with Crippen LogP contribution in [0.2, 0.25) is 0 Å². The lowest BCUT2D eigenvalue weighted by molar-refractivity contribution is -0.161. The molecule has 0 aliphatic carbocycles. The van der Waals surface area contributed by atoms with E-state index in [2.05, 4.69) is 41.5 Å². The van der Waals surface area contributed by atoms with Gasteiger partial charge in [-0.3, -0.25) is 37.3 Å². The smallest absolute Gasteiger partial charge is 0.462 e. The molecule has 0 amide bonds. The summed E-state index contributed by atoms with van der Waals surface area (Å²) in [7, 11) is -9.92. The number of aliphatic hydroxyl groups is 1. The van der Waals surface area contributed by atoms with Gasteiger partial charge in [0, 0.05) is 25.7 Å². The van der Waals surface area contributed by atoms with Gasteiger partial charge in [-0.1, -0.05) is 369 Å². The third kappa shape index (κ3) is 74.1. The van der Waals surface area contributed by atoms with Crippen LogP contribution in [0.5, 0.6) is 0 Å². The summed E-state index contributed by atoms with van der Waals surface area (Å²) in [5, 5.41) is 10.6. The SMILES string of the molecule is CCCCCCCCCCCCCCCCCCCCCCCCC(=O)O[C@H](COC(=O)CCCCCCCCCCCCCCCCC)COP(=O)(O)OC[C@@H](O)COP(=O)(O)OC[C@@H](COC(=O)CCCCCCCCC(C)C)OC(=O)CCCCCCCCCCCCC(C)C. The molecule has 588 valence electrons. The number of unbranched alkanes of at least 4 members (excludes halogenated alkanes) is 49. The van der Waals surface area contributed by atoms with Crippen LogP contribution in [-0.2, 0) is 65.4 Å². The molecule has 17 nitrogen and oxygen atoms in total. The molecule has 0 aliphatic rings. The number of carbonyl (C=O) groups is 4. The van der Waals surface area contributed by atoms with Crippen molar-refractivity contribution in [2.24, 2.45) is 11.8 Å². The monoisotopic (exact) mass is 1450 g/mol. The lowest BCUT2D eigenvalue weighted by Gasteiger charge is -2.21. The molecule has 0 aromatic heterocycles. The first-order valence-corrected chi connectivity index (χ1v) is 44.5. The Hall–Kier alpha value is -1.94. The summed E-state index contributed by atoms with van der Waals surface area (Å²) >= 11 is 0. The maximum Gasteiger partial charge on any atom is 0.472 e. The molecule has 0 bridgehead atoms. The van der Waals surface area contributed by atoms with Crippen molar-refractivity contribution in [3.63, 3.8) is 0 Å². The Morgan fingerprint density at radius 2 is 0.465 bits per heavy atom. The molecule has 0 rings (SSSR count). The number of phosphoric acid groups is 2. The average Bonchev–Trinajstić information content (AvgIpc) is 1.20. The molecule has 0 fully saturated rings. The number of hydrogen-bond acceptors (Lipinski definition) is 15. The Kier molecular flexibility index (Phi) is 70.3. The van der Waals surface area contributed by atoms with Gasteiger partial charge in [-0.15, -0.1) is 0 Å². The molecule has 0 spiro atoms. The van der Waals surface area contributed by atoms with Gasteiger partial charge in [-0.2, -0.15) is 0 Å². The third-order valence-corrected chi connectivity index (χ3v) is 20.6. The van der Waals surface area contributed by atoms with Crippen molar-refractivity contribution in [1.82, 2.24) is 0 Å². The number of rotatable bonds is 79. The minimum Gasteiger partial charge on any atom is -0.462 e. The summed E-state index contributed by atoms with van der Waals surface area (Å²) in [4.78, 5) is 72.9. The summed E-state index contributed by atoms with van der Waals surface area (Å²) in [6.07, 6.45) is 61.4. The van der Waals surface area contributed by atoms with E-state index in [4.69, 9.17) is 37.0 Å². The predicted octanol–water partition coefficient (Wildman–Crippen LogP) is 23.9. The lowest BCUT2D eigenvalue weighted by Crippen LogP contribution is -2.30. The number of phosphoric ester groups is 2. The number of esters is 4. The second kappa shape index (κ2) is 71.7. The first kappa shape index (κ1) is 97.1. The van der Waals surface area contributed by atoms with Crippen LogP contribution < -0.4 is 0 Å². The number of carbonyl (C=O) groups excluding carboxylic acids is 4. The first-order chi connectivity index (χ1) is 47.9. The van der Waals surface area contributed by atoms with Crippen molar-refractivity contribution in [2.75, 3.05) is 39.6 Å². The topological polar surface area (TPSA) is 237 Å². The van der Waals surface area contributed by atoms with Crippen molar-refractivity contribution in [3.8, 4) is 0 Å². The maximum absolute atomic E-state index is 13.1. The Morgan fingerprint density at radius 3 is 0.687 bits per heavy atom. The number of aliphatic hydroxyl groups excluding tert-OH is 1. The van der Waals surface area contributed by atoms with E-state index in [0.29, 0.717) is 31.6 Å². The van der Waals surface area contributed by atoms with Gasteiger partial charge in [0.05, 0.1) is 26.4 Å². The fraction of sp³-hybridized carbons (Fsp3) is 0.950. The van der Waals surface area contributed by atoms with E-state index in [0.717, 1.165) is 102 Å². The molecular formula is C80H156O17P2. The summed E-state index contributed by atoms with van der Waals surface area (Å²) in [5.74, 6) is -0.682. The Balaban J connectivity index is 5.19. The zero-order valence-corrected chi connectivity index (χ0v) is 66.6. The summed E-state index contributed by atoms with van der Waals surface area (Å²) < 4.78 is 68.6. The summed E-state index contributed by atoms with van der Waals surface area (Å²) in [6, 6.07) is 0. The highest BCUT2D eigenvalue weighted by Crippen LogP contribution is 2.45. The van der Waals surface area contributed by atoms with Crippen LogP contribution in [-0.4, -0.2) is 96.7 Å². The second-order valence-corrected chi connectivity index (χ2v) is 32.7. The Labute approximate surface area is 607 Å². The van der Waals surface area contributed by atoms with Crippen molar-refractivity contribution in [3.05, 3.63) is 0 Å².